The highest BCUT2D eigenvalue weighted by atomic mass is 15.5. The van der Waals surface area contributed by atoms with E-state index in [1.54, 1.807) is 6.21 Å². The zero-order valence-corrected chi connectivity index (χ0v) is 8.44. The molecule has 0 unspecified atom stereocenters. The number of quaternary nitrogens is 1. The quantitative estimate of drug-likeness (QED) is 0.599. The first-order valence-corrected chi connectivity index (χ1v) is 4.87. The molecule has 15 heavy (non-hydrogen) atoms. The normalized spacial score (nSPS) is 18.2. The molecule has 1 aromatic heterocycles. The Balaban J connectivity index is 1.98. The van der Waals surface area contributed by atoms with Gasteiger partial charge in [-0.25, -0.2) is 10.4 Å². The number of nitrogens with one attached hydrogen (secondary N) is 1. The predicted octanol–water partition coefficient (Wildman–Crippen LogP) is -0.585. The lowest BCUT2D eigenvalue weighted by Gasteiger charge is -2.04. The van der Waals surface area contributed by atoms with Crippen LogP contribution in [0.3, 0.4) is 0 Å². The molecular formula is C10H12N5+. The second kappa shape index (κ2) is 3.15. The molecule has 2 aliphatic heterocycles. The molecule has 0 fully saturated rings. The van der Waals surface area contributed by atoms with Crippen LogP contribution in [0.4, 0.5) is 5.69 Å². The lowest BCUT2D eigenvalue weighted by Crippen LogP contribution is -2.69. The van der Waals surface area contributed by atoms with E-state index in [-0.39, 0.29) is 0 Å². The summed E-state index contributed by atoms with van der Waals surface area (Å²) in [7, 11) is 1.99. The Morgan fingerprint density at radius 3 is 3.27 bits per heavy atom. The fraction of sp³-hybridized carbons (Fsp3) is 0.200. The van der Waals surface area contributed by atoms with Crippen molar-refractivity contribution >= 4 is 17.5 Å². The average molecular weight is 202 g/mol. The molecule has 3 rings (SSSR count). The number of fused-ring (bicyclic) bond motifs is 1. The Hall–Kier alpha value is -1.72. The van der Waals surface area contributed by atoms with Crippen molar-refractivity contribution in [1.29, 1.82) is 0 Å². The van der Waals surface area contributed by atoms with Crippen molar-refractivity contribution in [2.24, 2.45) is 5.10 Å². The van der Waals surface area contributed by atoms with Crippen molar-refractivity contribution in [1.82, 2.24) is 15.4 Å². The molecule has 5 heteroatoms. The third kappa shape index (κ3) is 1.42. The van der Waals surface area contributed by atoms with E-state index in [2.05, 4.69) is 27.8 Å². The van der Waals surface area contributed by atoms with Gasteiger partial charge in [0, 0.05) is 37.6 Å². The summed E-state index contributed by atoms with van der Waals surface area (Å²) in [6.45, 7) is 0.859. The molecule has 3 N–H and O–H groups in total. The molecule has 76 valence electrons. The highest BCUT2D eigenvalue weighted by molar-refractivity contribution is 5.85. The second-order valence-corrected chi connectivity index (χ2v) is 3.71. The van der Waals surface area contributed by atoms with Crippen LogP contribution in [0.15, 0.2) is 23.6 Å². The molecular weight excluding hydrogens is 190 g/mol. The summed E-state index contributed by atoms with van der Waals surface area (Å²) in [4.78, 5) is 4.36. The summed E-state index contributed by atoms with van der Waals surface area (Å²) in [6.07, 6.45) is 5.77. The maximum Gasteiger partial charge on any atom is 0.184 e. The topological polar surface area (TPSA) is 57.1 Å². The SMILES string of the molecule is CN1C=C(c2cnc3c(c2)[NH2+]N=C3)CN1. The van der Waals surface area contributed by atoms with Gasteiger partial charge in [-0.2, -0.15) is 5.43 Å². The number of nitrogens with zero attached hydrogens (tertiary/aromatic N) is 3. The minimum Gasteiger partial charge on any atom is -0.318 e. The first-order valence-electron chi connectivity index (χ1n) is 4.87. The van der Waals surface area contributed by atoms with Crippen LogP contribution in [0.5, 0.6) is 0 Å². The van der Waals surface area contributed by atoms with Gasteiger partial charge in [0.15, 0.2) is 5.69 Å². The Morgan fingerprint density at radius 1 is 1.53 bits per heavy atom. The fourth-order valence-electron chi connectivity index (χ4n) is 1.78. The van der Waals surface area contributed by atoms with E-state index >= 15 is 0 Å². The first kappa shape index (κ1) is 8.58. The van der Waals surface area contributed by atoms with Crippen molar-refractivity contribution < 1.29 is 5.43 Å². The van der Waals surface area contributed by atoms with Gasteiger partial charge in [0.1, 0.15) is 11.9 Å². The monoisotopic (exact) mass is 202 g/mol. The van der Waals surface area contributed by atoms with Gasteiger partial charge < -0.3 is 5.01 Å². The standard InChI is InChI=1S/C10H11N5/c1-15-6-8(4-13-15)7-2-9-10(11-3-7)5-12-14-9/h2-3,5-6,13H,4H2,1H3,(H,12,14)/p+1. The molecule has 3 heterocycles. The van der Waals surface area contributed by atoms with E-state index in [0.717, 1.165) is 23.5 Å². The van der Waals surface area contributed by atoms with Gasteiger partial charge in [-0.15, -0.1) is 0 Å². The van der Waals surface area contributed by atoms with Crippen molar-refractivity contribution in [3.8, 4) is 0 Å². The number of nitrogens with two attached hydrogens (primary N) is 1. The highest BCUT2D eigenvalue weighted by Gasteiger charge is 2.16. The highest BCUT2D eigenvalue weighted by Crippen LogP contribution is 2.20. The number of rotatable bonds is 1. The fourth-order valence-corrected chi connectivity index (χ4v) is 1.78. The Labute approximate surface area is 87.5 Å². The molecule has 0 radical (unpaired) electrons. The maximum absolute atomic E-state index is 4.36. The average Bonchev–Trinajstić information content (AvgIpc) is 2.84. The van der Waals surface area contributed by atoms with Crippen molar-refractivity contribution in [2.45, 2.75) is 0 Å². The van der Waals surface area contributed by atoms with Gasteiger partial charge in [0.25, 0.3) is 0 Å². The van der Waals surface area contributed by atoms with Crippen LogP contribution in [0.25, 0.3) is 5.57 Å². The van der Waals surface area contributed by atoms with Gasteiger partial charge in [-0.1, -0.05) is 5.10 Å². The molecule has 0 saturated heterocycles. The maximum atomic E-state index is 4.36. The summed E-state index contributed by atoms with van der Waals surface area (Å²) in [5, 5.41) is 6.04. The van der Waals surface area contributed by atoms with Crippen LogP contribution in [-0.4, -0.2) is 29.8 Å². The van der Waals surface area contributed by atoms with E-state index in [0.29, 0.717) is 0 Å². The van der Waals surface area contributed by atoms with Gasteiger partial charge >= 0.3 is 0 Å². The van der Waals surface area contributed by atoms with E-state index in [1.807, 2.05) is 23.7 Å². The largest absolute Gasteiger partial charge is 0.318 e. The molecule has 1 aromatic rings. The van der Waals surface area contributed by atoms with Crippen LogP contribution in [0, 0.1) is 0 Å². The third-order valence-electron chi connectivity index (χ3n) is 2.60. The minimum absolute atomic E-state index is 0.859. The zero-order valence-electron chi connectivity index (χ0n) is 8.44. The summed E-state index contributed by atoms with van der Waals surface area (Å²) in [5.74, 6) is 0. The molecule has 0 aromatic carbocycles. The molecule has 5 nitrogen and oxygen atoms in total. The van der Waals surface area contributed by atoms with E-state index in [1.165, 1.54) is 5.57 Å². The van der Waals surface area contributed by atoms with Crippen LogP contribution >= 0.6 is 0 Å². The lowest BCUT2D eigenvalue weighted by molar-refractivity contribution is -0.573. The molecule has 0 aliphatic carbocycles. The van der Waals surface area contributed by atoms with Crippen molar-refractivity contribution in [3.05, 3.63) is 29.7 Å². The van der Waals surface area contributed by atoms with Crippen LogP contribution < -0.4 is 10.9 Å². The molecule has 0 bridgehead atoms. The Bertz CT molecular complexity index is 463. The number of hydrogen-bond donors (Lipinski definition) is 2. The Kier molecular flexibility index (Phi) is 1.80. The van der Waals surface area contributed by atoms with Gasteiger partial charge in [0.2, 0.25) is 0 Å². The van der Waals surface area contributed by atoms with Crippen molar-refractivity contribution in [2.75, 3.05) is 13.6 Å². The van der Waals surface area contributed by atoms with Gasteiger partial charge in [-0.05, 0) is 5.57 Å². The van der Waals surface area contributed by atoms with Crippen LogP contribution in [0.1, 0.15) is 11.3 Å². The summed E-state index contributed by atoms with van der Waals surface area (Å²) in [6, 6.07) is 2.13. The predicted molar refractivity (Wildman–Crippen MR) is 57.2 cm³/mol. The number of pyridine rings is 1. The smallest absolute Gasteiger partial charge is 0.184 e. The Morgan fingerprint density at radius 2 is 2.47 bits per heavy atom. The van der Waals surface area contributed by atoms with E-state index in [9.17, 15) is 0 Å². The van der Waals surface area contributed by atoms with E-state index < -0.39 is 0 Å². The first-order chi connectivity index (χ1) is 7.33. The molecule has 0 amide bonds. The van der Waals surface area contributed by atoms with Crippen LogP contribution in [0.2, 0.25) is 0 Å². The third-order valence-corrected chi connectivity index (χ3v) is 2.60. The zero-order chi connectivity index (χ0) is 10.3. The number of hydrazine groups is 1. The number of aromatic nitrogens is 1. The summed E-state index contributed by atoms with van der Waals surface area (Å²) < 4.78 is 0. The summed E-state index contributed by atoms with van der Waals surface area (Å²) >= 11 is 0. The van der Waals surface area contributed by atoms with Gasteiger partial charge in [-0.3, -0.25) is 0 Å². The lowest BCUT2D eigenvalue weighted by atomic mass is 10.1. The minimum atomic E-state index is 0.859. The van der Waals surface area contributed by atoms with Crippen molar-refractivity contribution in [3.63, 3.8) is 0 Å². The van der Waals surface area contributed by atoms with E-state index in [4.69, 9.17) is 0 Å². The van der Waals surface area contributed by atoms with Gasteiger partial charge in [0.05, 0.1) is 0 Å². The molecule has 2 aliphatic rings. The second-order valence-electron chi connectivity index (χ2n) is 3.71. The van der Waals surface area contributed by atoms with Crippen LogP contribution in [-0.2, 0) is 0 Å². The molecule has 0 spiro atoms. The number of hydrogen-bond acceptors (Lipinski definition) is 4. The molecule has 0 atom stereocenters. The molecule has 0 saturated carbocycles. The summed E-state index contributed by atoms with van der Waals surface area (Å²) in [5.41, 5.74) is 9.53.